The largest absolute Gasteiger partial charge is 0.491 e. The molecule has 5 nitrogen and oxygen atoms in total. The lowest BCUT2D eigenvalue weighted by Gasteiger charge is -2.10. The zero-order valence-corrected chi connectivity index (χ0v) is 14.2. The third-order valence-electron chi connectivity index (χ3n) is 2.97. The van der Waals surface area contributed by atoms with Crippen molar-refractivity contribution in [1.29, 1.82) is 0 Å². The molecule has 0 saturated heterocycles. The van der Waals surface area contributed by atoms with Crippen molar-refractivity contribution in [3.8, 4) is 11.5 Å². The molecular formula is C19H22N2O3. The number of benzene rings is 1. The van der Waals surface area contributed by atoms with E-state index in [0.717, 1.165) is 11.3 Å². The number of hydrogen-bond donors (Lipinski definition) is 1. The Morgan fingerprint density at radius 3 is 2.88 bits per heavy atom. The van der Waals surface area contributed by atoms with E-state index in [1.807, 2.05) is 45.0 Å². The van der Waals surface area contributed by atoms with Gasteiger partial charge in [-0.05, 0) is 56.7 Å². The summed E-state index contributed by atoms with van der Waals surface area (Å²) in [6.07, 6.45) is 4.90. The van der Waals surface area contributed by atoms with Crippen molar-refractivity contribution in [2.24, 2.45) is 0 Å². The van der Waals surface area contributed by atoms with Crippen LogP contribution in [0.2, 0.25) is 0 Å². The van der Waals surface area contributed by atoms with Gasteiger partial charge in [0.25, 0.3) is 0 Å². The third-order valence-corrected chi connectivity index (χ3v) is 2.97. The summed E-state index contributed by atoms with van der Waals surface area (Å²) < 4.78 is 11.1. The van der Waals surface area contributed by atoms with Gasteiger partial charge >= 0.3 is 0 Å². The first kappa shape index (κ1) is 17.5. The Morgan fingerprint density at radius 2 is 2.12 bits per heavy atom. The van der Waals surface area contributed by atoms with Gasteiger partial charge in [0.15, 0.2) is 11.6 Å². The highest BCUT2D eigenvalue weighted by molar-refractivity contribution is 6.02. The molecule has 1 N–H and O–H groups in total. The summed E-state index contributed by atoms with van der Waals surface area (Å²) in [5.74, 6) is 1.46. The molecule has 1 heterocycles. The summed E-state index contributed by atoms with van der Waals surface area (Å²) in [6.45, 7) is 6.33. The predicted octanol–water partition coefficient (Wildman–Crippen LogP) is 3.92. The Hall–Kier alpha value is -2.82. The van der Waals surface area contributed by atoms with Crippen molar-refractivity contribution < 1.29 is 14.3 Å². The fraction of sp³-hybridized carbons (Fsp3) is 0.263. The first-order chi connectivity index (χ1) is 11.6. The SMILES string of the molecule is CCOc1cccnc1NC(=O)/C=C/c1cccc(OC(C)C)c1. The smallest absolute Gasteiger partial charge is 0.249 e. The van der Waals surface area contributed by atoms with Gasteiger partial charge in [-0.2, -0.15) is 0 Å². The van der Waals surface area contributed by atoms with Gasteiger partial charge < -0.3 is 14.8 Å². The molecular weight excluding hydrogens is 304 g/mol. The maximum absolute atomic E-state index is 12.1. The van der Waals surface area contributed by atoms with Crippen LogP contribution in [0.4, 0.5) is 5.82 Å². The van der Waals surface area contributed by atoms with Crippen LogP contribution < -0.4 is 14.8 Å². The van der Waals surface area contributed by atoms with Crippen molar-refractivity contribution in [2.45, 2.75) is 26.9 Å². The fourth-order valence-electron chi connectivity index (χ4n) is 2.05. The van der Waals surface area contributed by atoms with Crippen molar-refractivity contribution >= 4 is 17.8 Å². The van der Waals surface area contributed by atoms with Gasteiger partial charge in [0, 0.05) is 12.3 Å². The number of carbonyl (C=O) groups excluding carboxylic acids is 1. The van der Waals surface area contributed by atoms with E-state index in [9.17, 15) is 4.79 Å². The Morgan fingerprint density at radius 1 is 1.29 bits per heavy atom. The van der Waals surface area contributed by atoms with Crippen molar-refractivity contribution in [3.63, 3.8) is 0 Å². The number of hydrogen-bond acceptors (Lipinski definition) is 4. The van der Waals surface area contributed by atoms with Gasteiger partial charge in [-0.1, -0.05) is 12.1 Å². The van der Waals surface area contributed by atoms with E-state index in [1.54, 1.807) is 24.4 Å². The zero-order valence-electron chi connectivity index (χ0n) is 14.2. The van der Waals surface area contributed by atoms with E-state index in [4.69, 9.17) is 9.47 Å². The summed E-state index contributed by atoms with van der Waals surface area (Å²) >= 11 is 0. The van der Waals surface area contributed by atoms with Crippen LogP contribution in [0.25, 0.3) is 6.08 Å². The van der Waals surface area contributed by atoms with E-state index in [2.05, 4.69) is 10.3 Å². The number of rotatable bonds is 7. The van der Waals surface area contributed by atoms with E-state index >= 15 is 0 Å². The lowest BCUT2D eigenvalue weighted by Crippen LogP contribution is -2.10. The highest BCUT2D eigenvalue weighted by atomic mass is 16.5. The Labute approximate surface area is 142 Å². The molecule has 0 unspecified atom stereocenters. The molecule has 126 valence electrons. The van der Waals surface area contributed by atoms with E-state index in [-0.39, 0.29) is 12.0 Å². The molecule has 5 heteroatoms. The molecule has 0 bridgehead atoms. The first-order valence-electron chi connectivity index (χ1n) is 7.92. The van der Waals surface area contributed by atoms with E-state index in [0.29, 0.717) is 18.2 Å². The molecule has 1 amide bonds. The average Bonchev–Trinajstić information content (AvgIpc) is 2.55. The third kappa shape index (κ3) is 5.43. The number of anilines is 1. The molecule has 0 atom stereocenters. The molecule has 0 spiro atoms. The van der Waals surface area contributed by atoms with Crippen molar-refractivity contribution in [1.82, 2.24) is 4.98 Å². The lowest BCUT2D eigenvalue weighted by atomic mass is 10.2. The van der Waals surface area contributed by atoms with Crippen molar-refractivity contribution in [3.05, 3.63) is 54.2 Å². The van der Waals surface area contributed by atoms with E-state index in [1.165, 1.54) is 6.08 Å². The number of pyridine rings is 1. The Balaban J connectivity index is 2.03. The van der Waals surface area contributed by atoms with Crippen LogP contribution in [0.15, 0.2) is 48.7 Å². The normalized spacial score (nSPS) is 10.8. The average molecular weight is 326 g/mol. The molecule has 0 saturated carbocycles. The molecule has 2 rings (SSSR count). The number of amides is 1. The standard InChI is InChI=1S/C19H22N2O3/c1-4-23-17-9-6-12-20-19(17)21-18(22)11-10-15-7-5-8-16(13-15)24-14(2)3/h5-14H,4H2,1-3H3,(H,20,21,22)/b11-10+. The number of aromatic nitrogens is 1. The second-order valence-corrected chi connectivity index (χ2v) is 5.34. The molecule has 1 aromatic heterocycles. The number of ether oxygens (including phenoxy) is 2. The highest BCUT2D eigenvalue weighted by Gasteiger charge is 2.06. The van der Waals surface area contributed by atoms with Gasteiger partial charge in [-0.25, -0.2) is 4.98 Å². The summed E-state index contributed by atoms with van der Waals surface area (Å²) in [4.78, 5) is 16.2. The van der Waals surface area contributed by atoms with Crippen molar-refractivity contribution in [2.75, 3.05) is 11.9 Å². The number of nitrogens with zero attached hydrogens (tertiary/aromatic N) is 1. The molecule has 0 fully saturated rings. The fourth-order valence-corrected chi connectivity index (χ4v) is 2.05. The van der Waals surface area contributed by atoms with Crippen LogP contribution in [-0.2, 0) is 4.79 Å². The minimum Gasteiger partial charge on any atom is -0.491 e. The second-order valence-electron chi connectivity index (χ2n) is 5.34. The topological polar surface area (TPSA) is 60.5 Å². The molecule has 0 aliphatic carbocycles. The van der Waals surface area contributed by atoms with Gasteiger partial charge in [0.1, 0.15) is 5.75 Å². The summed E-state index contributed by atoms with van der Waals surface area (Å²) in [5, 5.41) is 2.72. The molecule has 0 aliphatic rings. The number of nitrogens with one attached hydrogen (secondary N) is 1. The highest BCUT2D eigenvalue weighted by Crippen LogP contribution is 2.21. The van der Waals surface area contributed by atoms with Gasteiger partial charge in [-0.3, -0.25) is 4.79 Å². The summed E-state index contributed by atoms with van der Waals surface area (Å²) in [5.41, 5.74) is 0.884. The molecule has 1 aromatic carbocycles. The van der Waals surface area contributed by atoms with Crippen LogP contribution in [0.3, 0.4) is 0 Å². The maximum atomic E-state index is 12.1. The molecule has 24 heavy (non-hydrogen) atoms. The zero-order chi connectivity index (χ0) is 17.4. The molecule has 2 aromatic rings. The summed E-state index contributed by atoms with van der Waals surface area (Å²) in [6, 6.07) is 11.1. The lowest BCUT2D eigenvalue weighted by molar-refractivity contribution is -0.111. The van der Waals surface area contributed by atoms with Crippen LogP contribution in [-0.4, -0.2) is 23.6 Å². The van der Waals surface area contributed by atoms with Gasteiger partial charge in [0.2, 0.25) is 5.91 Å². The van der Waals surface area contributed by atoms with E-state index < -0.39 is 0 Å². The molecule has 0 radical (unpaired) electrons. The Kier molecular flexibility index (Phi) is 6.37. The van der Waals surface area contributed by atoms with Crippen LogP contribution >= 0.6 is 0 Å². The Bertz CT molecular complexity index is 711. The predicted molar refractivity (Wildman–Crippen MR) is 95.3 cm³/mol. The van der Waals surface area contributed by atoms with Crippen LogP contribution in [0, 0.1) is 0 Å². The first-order valence-corrected chi connectivity index (χ1v) is 7.92. The quantitative estimate of drug-likeness (QED) is 0.784. The van der Waals surface area contributed by atoms with Crippen LogP contribution in [0.5, 0.6) is 11.5 Å². The second kappa shape index (κ2) is 8.72. The maximum Gasteiger partial charge on any atom is 0.249 e. The van der Waals surface area contributed by atoms with Gasteiger partial charge in [-0.15, -0.1) is 0 Å². The molecule has 0 aliphatic heterocycles. The van der Waals surface area contributed by atoms with Gasteiger partial charge in [0.05, 0.1) is 12.7 Å². The minimum absolute atomic E-state index is 0.105. The monoisotopic (exact) mass is 326 g/mol. The van der Waals surface area contributed by atoms with Crippen LogP contribution in [0.1, 0.15) is 26.3 Å². The summed E-state index contributed by atoms with van der Waals surface area (Å²) in [7, 11) is 0. The minimum atomic E-state index is -0.273. The number of carbonyl (C=O) groups is 1.